The standard InChI is InChI=1S/C20H29ClN2O2S/c1-20(2,25-18-5-3-16(21)4-6-18)19(24)22-13-15-7-10-23(11-8-15)17-9-12-26-14-17/h3-6,15,17H,7-14H2,1-2H3,(H,22,24). The van der Waals surface area contributed by atoms with Crippen LogP contribution in [-0.2, 0) is 4.79 Å². The minimum Gasteiger partial charge on any atom is -0.478 e. The van der Waals surface area contributed by atoms with E-state index >= 15 is 0 Å². The Bertz CT molecular complexity index is 594. The molecular weight excluding hydrogens is 368 g/mol. The maximum atomic E-state index is 12.6. The summed E-state index contributed by atoms with van der Waals surface area (Å²) in [4.78, 5) is 15.2. The maximum Gasteiger partial charge on any atom is 0.263 e. The summed E-state index contributed by atoms with van der Waals surface area (Å²) in [6, 6.07) is 7.88. The number of hydrogen-bond donors (Lipinski definition) is 1. The summed E-state index contributed by atoms with van der Waals surface area (Å²) in [6.45, 7) is 6.67. The average molecular weight is 397 g/mol. The number of amides is 1. The van der Waals surface area contributed by atoms with Crippen molar-refractivity contribution < 1.29 is 9.53 Å². The molecule has 1 amide bonds. The van der Waals surface area contributed by atoms with Crippen molar-refractivity contribution >= 4 is 29.3 Å². The third-order valence-electron chi connectivity index (χ3n) is 5.36. The highest BCUT2D eigenvalue weighted by molar-refractivity contribution is 7.99. The van der Waals surface area contributed by atoms with Gasteiger partial charge in [-0.3, -0.25) is 9.69 Å². The van der Waals surface area contributed by atoms with Crippen LogP contribution < -0.4 is 10.1 Å². The number of hydrogen-bond acceptors (Lipinski definition) is 4. The Labute approximate surface area is 166 Å². The number of halogens is 1. The molecular formula is C20H29ClN2O2S. The Morgan fingerprint density at radius 1 is 1.27 bits per heavy atom. The van der Waals surface area contributed by atoms with Gasteiger partial charge in [0.25, 0.3) is 5.91 Å². The molecule has 0 radical (unpaired) electrons. The number of nitrogens with one attached hydrogen (secondary N) is 1. The van der Waals surface area contributed by atoms with Crippen LogP contribution in [0.2, 0.25) is 5.02 Å². The van der Waals surface area contributed by atoms with E-state index in [9.17, 15) is 4.79 Å². The van der Waals surface area contributed by atoms with Crippen molar-refractivity contribution in [2.75, 3.05) is 31.1 Å². The van der Waals surface area contributed by atoms with Crippen LogP contribution in [0.1, 0.15) is 33.1 Å². The Kier molecular flexibility index (Phi) is 6.76. The molecule has 1 atom stereocenters. The molecule has 2 aliphatic heterocycles. The van der Waals surface area contributed by atoms with Crippen molar-refractivity contribution in [2.45, 2.75) is 44.8 Å². The van der Waals surface area contributed by atoms with Crippen molar-refractivity contribution in [1.29, 1.82) is 0 Å². The predicted octanol–water partition coefficient (Wildman–Crippen LogP) is 3.83. The number of carbonyl (C=O) groups excluding carboxylic acids is 1. The number of rotatable bonds is 6. The van der Waals surface area contributed by atoms with Crippen LogP contribution in [0.5, 0.6) is 5.75 Å². The lowest BCUT2D eigenvalue weighted by Gasteiger charge is -2.36. The first-order valence-corrected chi connectivity index (χ1v) is 11.0. The molecule has 0 aromatic heterocycles. The average Bonchev–Trinajstić information content (AvgIpc) is 3.16. The first-order valence-electron chi connectivity index (χ1n) is 9.49. The van der Waals surface area contributed by atoms with Crippen LogP contribution in [0.4, 0.5) is 0 Å². The summed E-state index contributed by atoms with van der Waals surface area (Å²) in [7, 11) is 0. The molecule has 2 heterocycles. The fourth-order valence-corrected chi connectivity index (χ4v) is 5.01. The van der Waals surface area contributed by atoms with Gasteiger partial charge < -0.3 is 10.1 Å². The smallest absolute Gasteiger partial charge is 0.263 e. The summed E-state index contributed by atoms with van der Waals surface area (Å²) < 4.78 is 5.86. The van der Waals surface area contributed by atoms with Crippen LogP contribution in [0.25, 0.3) is 0 Å². The zero-order chi connectivity index (χ0) is 18.6. The van der Waals surface area contributed by atoms with Crippen molar-refractivity contribution in [1.82, 2.24) is 10.2 Å². The molecule has 0 spiro atoms. The minimum atomic E-state index is -0.907. The number of likely N-dealkylation sites (tertiary alicyclic amines) is 1. The molecule has 2 fully saturated rings. The molecule has 0 aliphatic carbocycles. The van der Waals surface area contributed by atoms with Crippen molar-refractivity contribution in [3.05, 3.63) is 29.3 Å². The maximum absolute atomic E-state index is 12.6. The zero-order valence-corrected chi connectivity index (χ0v) is 17.2. The van der Waals surface area contributed by atoms with Crippen LogP contribution in [0, 0.1) is 5.92 Å². The van der Waals surface area contributed by atoms with Gasteiger partial charge in [0.05, 0.1) is 0 Å². The highest BCUT2D eigenvalue weighted by Gasteiger charge is 2.31. The highest BCUT2D eigenvalue weighted by atomic mass is 35.5. The zero-order valence-electron chi connectivity index (χ0n) is 15.7. The minimum absolute atomic E-state index is 0.0675. The van der Waals surface area contributed by atoms with Gasteiger partial charge in [0.2, 0.25) is 0 Å². The number of carbonyl (C=O) groups is 1. The predicted molar refractivity (Wildman–Crippen MR) is 109 cm³/mol. The van der Waals surface area contributed by atoms with E-state index in [-0.39, 0.29) is 5.91 Å². The third kappa shape index (κ3) is 5.30. The molecule has 144 valence electrons. The van der Waals surface area contributed by atoms with Gasteiger partial charge in [-0.2, -0.15) is 11.8 Å². The first kappa shape index (κ1) is 19.8. The Hall–Kier alpha value is -0.910. The summed E-state index contributed by atoms with van der Waals surface area (Å²) in [5.74, 6) is 3.75. The molecule has 2 saturated heterocycles. The molecule has 6 heteroatoms. The molecule has 4 nitrogen and oxygen atoms in total. The lowest BCUT2D eigenvalue weighted by Crippen LogP contribution is -2.49. The van der Waals surface area contributed by atoms with Crippen LogP contribution in [-0.4, -0.2) is 53.6 Å². The van der Waals surface area contributed by atoms with E-state index in [1.54, 1.807) is 38.1 Å². The normalized spacial score (nSPS) is 22.3. The van der Waals surface area contributed by atoms with Gasteiger partial charge in [0.1, 0.15) is 5.75 Å². The largest absolute Gasteiger partial charge is 0.478 e. The molecule has 1 unspecified atom stereocenters. The summed E-state index contributed by atoms with van der Waals surface area (Å²) in [6.07, 6.45) is 3.67. The molecule has 1 N–H and O–H groups in total. The number of piperidine rings is 1. The molecule has 26 heavy (non-hydrogen) atoms. The Balaban J connectivity index is 1.42. The fraction of sp³-hybridized carbons (Fsp3) is 0.650. The van der Waals surface area contributed by atoms with Crippen LogP contribution in [0.3, 0.4) is 0 Å². The first-order chi connectivity index (χ1) is 12.4. The number of nitrogens with zero attached hydrogens (tertiary/aromatic N) is 1. The quantitative estimate of drug-likeness (QED) is 0.793. The fourth-order valence-electron chi connectivity index (χ4n) is 3.63. The summed E-state index contributed by atoms with van der Waals surface area (Å²) in [5, 5.41) is 3.75. The number of benzene rings is 1. The van der Waals surface area contributed by atoms with Gasteiger partial charge in [-0.15, -0.1) is 0 Å². The lowest BCUT2D eigenvalue weighted by atomic mass is 9.95. The highest BCUT2D eigenvalue weighted by Crippen LogP contribution is 2.27. The van der Waals surface area contributed by atoms with E-state index < -0.39 is 5.60 Å². The second kappa shape index (κ2) is 8.85. The molecule has 1 aromatic carbocycles. The van der Waals surface area contributed by atoms with Gasteiger partial charge in [-0.05, 0) is 82.1 Å². The molecule has 2 aliphatic rings. The monoisotopic (exact) mass is 396 g/mol. The summed E-state index contributed by atoms with van der Waals surface area (Å²) in [5.41, 5.74) is -0.907. The van der Waals surface area contributed by atoms with Crippen LogP contribution in [0.15, 0.2) is 24.3 Å². The van der Waals surface area contributed by atoms with Gasteiger partial charge in [0, 0.05) is 23.4 Å². The van der Waals surface area contributed by atoms with Crippen LogP contribution >= 0.6 is 23.4 Å². The Morgan fingerprint density at radius 2 is 1.96 bits per heavy atom. The molecule has 3 rings (SSSR count). The lowest BCUT2D eigenvalue weighted by molar-refractivity contribution is -0.134. The second-order valence-corrected chi connectivity index (χ2v) is 9.36. The van der Waals surface area contributed by atoms with Gasteiger partial charge in [-0.25, -0.2) is 0 Å². The number of ether oxygens (including phenoxy) is 1. The van der Waals surface area contributed by atoms with Gasteiger partial charge in [-0.1, -0.05) is 11.6 Å². The van der Waals surface area contributed by atoms with E-state index in [1.807, 2.05) is 0 Å². The number of thioether (sulfide) groups is 1. The molecule has 0 saturated carbocycles. The SMILES string of the molecule is CC(C)(Oc1ccc(Cl)cc1)C(=O)NCC1CCN(C2CCSC2)CC1. The van der Waals surface area contributed by atoms with Crippen molar-refractivity contribution in [3.63, 3.8) is 0 Å². The molecule has 1 aromatic rings. The van der Waals surface area contributed by atoms with Crippen molar-refractivity contribution in [2.24, 2.45) is 5.92 Å². The van der Waals surface area contributed by atoms with E-state index in [2.05, 4.69) is 22.0 Å². The van der Waals surface area contributed by atoms with Crippen molar-refractivity contribution in [3.8, 4) is 5.75 Å². The molecule has 0 bridgehead atoms. The van der Waals surface area contributed by atoms with Gasteiger partial charge >= 0.3 is 0 Å². The van der Waals surface area contributed by atoms with E-state index in [1.165, 1.54) is 30.8 Å². The third-order valence-corrected chi connectivity index (χ3v) is 6.75. The van der Waals surface area contributed by atoms with Gasteiger partial charge in [0.15, 0.2) is 5.60 Å². The van der Waals surface area contributed by atoms with E-state index in [0.717, 1.165) is 25.7 Å². The second-order valence-electron chi connectivity index (χ2n) is 7.77. The van der Waals surface area contributed by atoms with E-state index in [4.69, 9.17) is 16.3 Å². The topological polar surface area (TPSA) is 41.6 Å². The summed E-state index contributed by atoms with van der Waals surface area (Å²) >= 11 is 7.97. The Morgan fingerprint density at radius 3 is 2.58 bits per heavy atom. The van der Waals surface area contributed by atoms with E-state index in [0.29, 0.717) is 16.7 Å².